The van der Waals surface area contributed by atoms with Crippen molar-refractivity contribution in [3.63, 3.8) is 0 Å². The molecule has 0 bridgehead atoms. The van der Waals surface area contributed by atoms with E-state index >= 15 is 0 Å². The van der Waals surface area contributed by atoms with Crippen LogP contribution in [0.3, 0.4) is 0 Å². The first-order valence-corrected chi connectivity index (χ1v) is 5.05. The SMILES string of the molecule is O=C=NC1(c2ccc(O)c(Br)c2)CC1. The zero-order chi connectivity index (χ0) is 10.2. The number of halogens is 1. The van der Waals surface area contributed by atoms with Crippen LogP contribution in [0, 0.1) is 0 Å². The first kappa shape index (κ1) is 9.44. The number of phenols is 1. The van der Waals surface area contributed by atoms with Crippen molar-refractivity contribution in [2.24, 2.45) is 4.99 Å². The molecule has 72 valence electrons. The second-order valence-electron chi connectivity index (χ2n) is 3.40. The fraction of sp³-hybridized carbons (Fsp3) is 0.300. The summed E-state index contributed by atoms with van der Waals surface area (Å²) in [6, 6.07) is 5.18. The summed E-state index contributed by atoms with van der Waals surface area (Å²) in [5, 5.41) is 9.30. The van der Waals surface area contributed by atoms with Crippen LogP contribution < -0.4 is 0 Å². The van der Waals surface area contributed by atoms with Gasteiger partial charge in [-0.15, -0.1) is 0 Å². The second-order valence-corrected chi connectivity index (χ2v) is 4.26. The molecule has 3 nitrogen and oxygen atoms in total. The molecule has 1 aliphatic carbocycles. The highest BCUT2D eigenvalue weighted by atomic mass is 79.9. The number of carbonyl (C=O) groups excluding carboxylic acids is 1. The minimum atomic E-state index is -0.363. The molecule has 0 atom stereocenters. The van der Waals surface area contributed by atoms with Crippen LogP contribution in [-0.4, -0.2) is 11.2 Å². The van der Waals surface area contributed by atoms with Gasteiger partial charge in [-0.3, -0.25) is 0 Å². The number of aliphatic imine (C=N–C) groups is 1. The molecule has 1 aromatic rings. The van der Waals surface area contributed by atoms with Crippen LogP contribution in [0.1, 0.15) is 18.4 Å². The van der Waals surface area contributed by atoms with E-state index < -0.39 is 0 Å². The van der Waals surface area contributed by atoms with Gasteiger partial charge < -0.3 is 5.11 Å². The van der Waals surface area contributed by atoms with Gasteiger partial charge in [0.2, 0.25) is 6.08 Å². The molecular weight excluding hydrogens is 246 g/mol. The van der Waals surface area contributed by atoms with Crippen LogP contribution in [0.25, 0.3) is 0 Å². The Hall–Kier alpha value is -1.12. The Balaban J connectivity index is 2.42. The standard InChI is InChI=1S/C10H8BrNO2/c11-8-5-7(1-2-9(8)14)10(3-4-10)12-6-13/h1-2,5,14H,3-4H2. The smallest absolute Gasteiger partial charge is 0.235 e. The molecule has 0 aliphatic heterocycles. The van der Waals surface area contributed by atoms with Crippen molar-refractivity contribution in [3.05, 3.63) is 28.2 Å². The lowest BCUT2D eigenvalue weighted by molar-refractivity contribution is 0.471. The van der Waals surface area contributed by atoms with Crippen molar-refractivity contribution >= 4 is 22.0 Å². The maximum absolute atomic E-state index is 10.2. The van der Waals surface area contributed by atoms with E-state index in [1.165, 1.54) is 0 Å². The summed E-state index contributed by atoms with van der Waals surface area (Å²) in [4.78, 5) is 14.0. The summed E-state index contributed by atoms with van der Waals surface area (Å²) in [7, 11) is 0. The fourth-order valence-electron chi connectivity index (χ4n) is 1.47. The van der Waals surface area contributed by atoms with Crippen LogP contribution >= 0.6 is 15.9 Å². The van der Waals surface area contributed by atoms with E-state index in [9.17, 15) is 9.90 Å². The van der Waals surface area contributed by atoms with Gasteiger partial charge in [0.05, 0.1) is 10.0 Å². The van der Waals surface area contributed by atoms with E-state index in [1.54, 1.807) is 24.3 Å². The third-order valence-electron chi connectivity index (χ3n) is 2.47. The monoisotopic (exact) mass is 253 g/mol. The van der Waals surface area contributed by atoms with Crippen LogP contribution in [0.15, 0.2) is 27.7 Å². The third-order valence-corrected chi connectivity index (χ3v) is 3.10. The molecule has 2 rings (SSSR count). The minimum absolute atomic E-state index is 0.194. The summed E-state index contributed by atoms with van der Waals surface area (Å²) in [5.74, 6) is 0.194. The van der Waals surface area contributed by atoms with Gasteiger partial charge in [-0.1, -0.05) is 6.07 Å². The molecular formula is C10H8BrNO2. The van der Waals surface area contributed by atoms with Crippen LogP contribution in [0.2, 0.25) is 0 Å². The lowest BCUT2D eigenvalue weighted by atomic mass is 10.1. The summed E-state index contributed by atoms with van der Waals surface area (Å²) in [5.41, 5.74) is 0.586. The predicted molar refractivity (Wildman–Crippen MR) is 54.8 cm³/mol. The maximum Gasteiger partial charge on any atom is 0.235 e. The predicted octanol–water partition coefficient (Wildman–Crippen LogP) is 2.48. The van der Waals surface area contributed by atoms with E-state index in [2.05, 4.69) is 20.9 Å². The van der Waals surface area contributed by atoms with Crippen LogP contribution in [0.4, 0.5) is 0 Å². The molecule has 1 fully saturated rings. The van der Waals surface area contributed by atoms with Crippen molar-refractivity contribution in [1.82, 2.24) is 0 Å². The average Bonchev–Trinajstić information content (AvgIpc) is 2.91. The number of hydrogen-bond acceptors (Lipinski definition) is 3. The Labute approximate surface area is 89.6 Å². The van der Waals surface area contributed by atoms with Crippen LogP contribution in [0.5, 0.6) is 5.75 Å². The Morgan fingerprint density at radius 2 is 2.21 bits per heavy atom. The lowest BCUT2D eigenvalue weighted by Crippen LogP contribution is -2.01. The van der Waals surface area contributed by atoms with Crippen molar-refractivity contribution in [3.8, 4) is 5.75 Å². The van der Waals surface area contributed by atoms with Crippen molar-refractivity contribution in [1.29, 1.82) is 0 Å². The quantitative estimate of drug-likeness (QED) is 0.651. The van der Waals surface area contributed by atoms with Gasteiger partial charge in [-0.05, 0) is 46.5 Å². The minimum Gasteiger partial charge on any atom is -0.507 e. The van der Waals surface area contributed by atoms with Gasteiger partial charge in [-0.2, -0.15) is 4.99 Å². The summed E-state index contributed by atoms with van der Waals surface area (Å²) < 4.78 is 0.627. The van der Waals surface area contributed by atoms with Gasteiger partial charge in [0.1, 0.15) is 5.75 Å². The van der Waals surface area contributed by atoms with E-state index in [0.717, 1.165) is 18.4 Å². The highest BCUT2D eigenvalue weighted by Gasteiger charge is 2.44. The second kappa shape index (κ2) is 3.23. The highest BCUT2D eigenvalue weighted by molar-refractivity contribution is 9.10. The number of nitrogens with zero attached hydrogens (tertiary/aromatic N) is 1. The Bertz CT molecular complexity index is 420. The average molecular weight is 254 g/mol. The highest BCUT2D eigenvalue weighted by Crippen LogP contribution is 2.50. The topological polar surface area (TPSA) is 49.7 Å². The molecule has 0 spiro atoms. The first-order valence-electron chi connectivity index (χ1n) is 4.26. The van der Waals surface area contributed by atoms with Gasteiger partial charge in [0.25, 0.3) is 0 Å². The van der Waals surface area contributed by atoms with Gasteiger partial charge >= 0.3 is 0 Å². The molecule has 1 saturated carbocycles. The van der Waals surface area contributed by atoms with Gasteiger partial charge in [0, 0.05) is 0 Å². The number of hydrogen-bond donors (Lipinski definition) is 1. The normalized spacial score (nSPS) is 17.2. The summed E-state index contributed by atoms with van der Waals surface area (Å²) in [6.45, 7) is 0. The molecule has 0 amide bonds. The molecule has 1 aliphatic rings. The zero-order valence-electron chi connectivity index (χ0n) is 7.33. The summed E-state index contributed by atoms with van der Waals surface area (Å²) in [6.07, 6.45) is 3.35. The lowest BCUT2D eigenvalue weighted by Gasteiger charge is -2.08. The molecule has 4 heteroatoms. The third kappa shape index (κ3) is 1.47. The number of aromatic hydroxyl groups is 1. The Morgan fingerprint density at radius 1 is 1.50 bits per heavy atom. The molecule has 0 radical (unpaired) electrons. The molecule has 0 unspecified atom stereocenters. The van der Waals surface area contributed by atoms with Gasteiger partial charge in [-0.25, -0.2) is 4.79 Å². The largest absolute Gasteiger partial charge is 0.507 e. The number of isocyanates is 1. The molecule has 1 N–H and O–H groups in total. The first-order chi connectivity index (χ1) is 6.68. The fourth-order valence-corrected chi connectivity index (χ4v) is 1.85. The van der Waals surface area contributed by atoms with E-state index in [4.69, 9.17) is 0 Å². The maximum atomic E-state index is 10.2. The zero-order valence-corrected chi connectivity index (χ0v) is 8.91. The Morgan fingerprint density at radius 3 is 2.71 bits per heavy atom. The molecule has 14 heavy (non-hydrogen) atoms. The summed E-state index contributed by atoms with van der Waals surface area (Å²) >= 11 is 3.23. The molecule has 0 saturated heterocycles. The number of phenolic OH excluding ortho intramolecular Hbond substituents is 1. The van der Waals surface area contributed by atoms with E-state index in [0.29, 0.717) is 4.47 Å². The van der Waals surface area contributed by atoms with Crippen molar-refractivity contribution < 1.29 is 9.90 Å². The molecule has 0 heterocycles. The van der Waals surface area contributed by atoms with Gasteiger partial charge in [0.15, 0.2) is 0 Å². The molecule has 1 aromatic carbocycles. The van der Waals surface area contributed by atoms with Crippen molar-refractivity contribution in [2.45, 2.75) is 18.4 Å². The van der Waals surface area contributed by atoms with Crippen molar-refractivity contribution in [2.75, 3.05) is 0 Å². The number of rotatable bonds is 2. The number of benzene rings is 1. The van der Waals surface area contributed by atoms with Crippen LogP contribution in [-0.2, 0) is 10.3 Å². The molecule has 0 aromatic heterocycles. The van der Waals surface area contributed by atoms with E-state index in [-0.39, 0.29) is 11.3 Å². The van der Waals surface area contributed by atoms with E-state index in [1.807, 2.05) is 0 Å². The Kier molecular flexibility index (Phi) is 2.17.